The molecule has 1 aromatic carbocycles. The molecule has 1 aliphatic rings. The summed E-state index contributed by atoms with van der Waals surface area (Å²) in [6.45, 7) is 3.61. The van der Waals surface area contributed by atoms with Crippen LogP contribution in [0.2, 0.25) is 0 Å². The molecule has 2 aromatic rings. The first-order valence-corrected chi connectivity index (χ1v) is 8.38. The van der Waals surface area contributed by atoms with Crippen molar-refractivity contribution in [3.63, 3.8) is 0 Å². The molecule has 2 heterocycles. The first-order chi connectivity index (χ1) is 12.1. The maximum Gasteiger partial charge on any atom is 0.253 e. The first kappa shape index (κ1) is 17.1. The molecule has 1 fully saturated rings. The zero-order valence-corrected chi connectivity index (χ0v) is 14.3. The van der Waals surface area contributed by atoms with Crippen LogP contribution in [0.15, 0.2) is 48.8 Å². The third-order valence-corrected chi connectivity index (χ3v) is 4.36. The molecular formula is C19H22N4O2. The van der Waals surface area contributed by atoms with Gasteiger partial charge in [0.25, 0.3) is 11.8 Å². The number of hydrogen-bond acceptors (Lipinski definition) is 4. The number of hydrogen-bond donors (Lipinski definition) is 1. The minimum Gasteiger partial charge on any atom is -0.348 e. The predicted molar refractivity (Wildman–Crippen MR) is 95.2 cm³/mol. The molecule has 0 unspecified atom stereocenters. The Morgan fingerprint density at radius 3 is 2.44 bits per heavy atom. The van der Waals surface area contributed by atoms with E-state index in [4.69, 9.17) is 0 Å². The third kappa shape index (κ3) is 4.42. The molecule has 25 heavy (non-hydrogen) atoms. The summed E-state index contributed by atoms with van der Waals surface area (Å²) < 4.78 is 0. The molecule has 0 bridgehead atoms. The number of benzene rings is 1. The van der Waals surface area contributed by atoms with Crippen LogP contribution in [0.4, 0.5) is 0 Å². The van der Waals surface area contributed by atoms with E-state index in [1.807, 2.05) is 17.0 Å². The fourth-order valence-corrected chi connectivity index (χ4v) is 2.77. The highest BCUT2D eigenvalue weighted by Gasteiger charge is 2.21. The van der Waals surface area contributed by atoms with Crippen LogP contribution in [0.25, 0.3) is 0 Å². The second-order valence-corrected chi connectivity index (χ2v) is 6.21. The van der Waals surface area contributed by atoms with Crippen molar-refractivity contribution in [1.82, 2.24) is 20.1 Å². The Bertz CT molecular complexity index is 740. The van der Waals surface area contributed by atoms with Crippen molar-refractivity contribution in [2.24, 2.45) is 0 Å². The number of likely N-dealkylation sites (N-methyl/N-ethyl adjacent to an activating group) is 1. The number of carbonyl (C=O) groups excluding carboxylic acids is 2. The lowest BCUT2D eigenvalue weighted by atomic mass is 10.1. The summed E-state index contributed by atoms with van der Waals surface area (Å²) >= 11 is 0. The summed E-state index contributed by atoms with van der Waals surface area (Å²) in [5.74, 6) is -0.207. The van der Waals surface area contributed by atoms with Crippen molar-refractivity contribution in [3.8, 4) is 0 Å². The van der Waals surface area contributed by atoms with E-state index in [0.29, 0.717) is 30.8 Å². The van der Waals surface area contributed by atoms with Crippen LogP contribution in [0.5, 0.6) is 0 Å². The first-order valence-electron chi connectivity index (χ1n) is 8.38. The number of nitrogens with zero attached hydrogens (tertiary/aromatic N) is 3. The zero-order chi connectivity index (χ0) is 17.6. The monoisotopic (exact) mass is 338 g/mol. The summed E-state index contributed by atoms with van der Waals surface area (Å²) in [5.41, 5.74) is 2.03. The second kappa shape index (κ2) is 7.90. The molecule has 6 nitrogen and oxygen atoms in total. The number of pyridine rings is 1. The smallest absolute Gasteiger partial charge is 0.253 e. The largest absolute Gasteiger partial charge is 0.348 e. The van der Waals surface area contributed by atoms with Crippen LogP contribution in [-0.2, 0) is 6.54 Å². The van der Waals surface area contributed by atoms with Crippen LogP contribution in [0.3, 0.4) is 0 Å². The number of aromatic nitrogens is 1. The molecule has 0 spiro atoms. The van der Waals surface area contributed by atoms with Gasteiger partial charge >= 0.3 is 0 Å². The lowest BCUT2D eigenvalue weighted by molar-refractivity contribution is 0.0664. The van der Waals surface area contributed by atoms with E-state index < -0.39 is 0 Å². The molecule has 0 radical (unpaired) electrons. The molecule has 0 saturated carbocycles. The highest BCUT2D eigenvalue weighted by atomic mass is 16.2. The average molecular weight is 338 g/mol. The van der Waals surface area contributed by atoms with E-state index in [-0.39, 0.29) is 11.8 Å². The Morgan fingerprint density at radius 1 is 1.04 bits per heavy atom. The van der Waals surface area contributed by atoms with Crippen LogP contribution in [0.1, 0.15) is 26.3 Å². The Kier molecular flexibility index (Phi) is 5.40. The zero-order valence-electron chi connectivity index (χ0n) is 14.3. The summed E-state index contributed by atoms with van der Waals surface area (Å²) in [6.07, 6.45) is 3.38. The van der Waals surface area contributed by atoms with E-state index in [9.17, 15) is 9.59 Å². The molecule has 1 N–H and O–H groups in total. The summed E-state index contributed by atoms with van der Waals surface area (Å²) in [7, 11) is 2.05. The maximum atomic E-state index is 12.6. The molecule has 130 valence electrons. The van der Waals surface area contributed by atoms with Crippen molar-refractivity contribution in [2.45, 2.75) is 6.54 Å². The van der Waals surface area contributed by atoms with Crippen molar-refractivity contribution >= 4 is 11.8 Å². The fourth-order valence-electron chi connectivity index (χ4n) is 2.77. The van der Waals surface area contributed by atoms with Gasteiger partial charge in [0.05, 0.1) is 0 Å². The molecular weight excluding hydrogens is 316 g/mol. The van der Waals surface area contributed by atoms with E-state index in [1.54, 1.807) is 36.7 Å². The summed E-state index contributed by atoms with van der Waals surface area (Å²) in [6, 6.07) is 10.6. The topological polar surface area (TPSA) is 65.5 Å². The summed E-state index contributed by atoms with van der Waals surface area (Å²) in [4.78, 5) is 33.0. The van der Waals surface area contributed by atoms with Gasteiger partial charge in [0, 0.05) is 56.2 Å². The van der Waals surface area contributed by atoms with Crippen molar-refractivity contribution < 1.29 is 9.59 Å². The van der Waals surface area contributed by atoms with Gasteiger partial charge in [-0.1, -0.05) is 6.07 Å². The minimum absolute atomic E-state index is 0.0168. The van der Waals surface area contributed by atoms with Gasteiger partial charge in [-0.2, -0.15) is 0 Å². The van der Waals surface area contributed by atoms with Gasteiger partial charge < -0.3 is 15.1 Å². The van der Waals surface area contributed by atoms with Crippen LogP contribution in [-0.4, -0.2) is 59.8 Å². The molecule has 0 aliphatic carbocycles. The molecule has 0 atom stereocenters. The van der Waals surface area contributed by atoms with Crippen molar-refractivity contribution in [1.29, 1.82) is 0 Å². The van der Waals surface area contributed by atoms with Gasteiger partial charge in [-0.05, 0) is 42.9 Å². The summed E-state index contributed by atoms with van der Waals surface area (Å²) in [5, 5.41) is 2.87. The van der Waals surface area contributed by atoms with Gasteiger partial charge in [0.2, 0.25) is 0 Å². The number of carbonyl (C=O) groups is 2. The molecule has 3 rings (SSSR count). The van der Waals surface area contributed by atoms with Crippen molar-refractivity contribution in [2.75, 3.05) is 33.2 Å². The van der Waals surface area contributed by atoms with E-state index >= 15 is 0 Å². The standard InChI is InChI=1S/C19H22N4O2/c1-22-9-11-23(12-10-22)19(25)17-4-2-3-16(13-17)18(24)21-14-15-5-7-20-8-6-15/h2-8,13H,9-12,14H2,1H3,(H,21,24). The van der Waals surface area contributed by atoms with Crippen LogP contribution < -0.4 is 5.32 Å². The Balaban J connectivity index is 1.64. The van der Waals surface area contributed by atoms with Gasteiger partial charge in [0.15, 0.2) is 0 Å². The molecule has 1 aromatic heterocycles. The third-order valence-electron chi connectivity index (χ3n) is 4.36. The number of piperazine rings is 1. The van der Waals surface area contributed by atoms with E-state index in [1.165, 1.54) is 0 Å². The van der Waals surface area contributed by atoms with Gasteiger partial charge in [-0.15, -0.1) is 0 Å². The molecule has 1 aliphatic heterocycles. The van der Waals surface area contributed by atoms with Gasteiger partial charge in [-0.3, -0.25) is 14.6 Å². The Hall–Kier alpha value is -2.73. The van der Waals surface area contributed by atoms with Crippen LogP contribution >= 0.6 is 0 Å². The average Bonchev–Trinajstić information content (AvgIpc) is 2.67. The number of amides is 2. The molecule has 6 heteroatoms. The second-order valence-electron chi connectivity index (χ2n) is 6.21. The predicted octanol–water partition coefficient (Wildman–Crippen LogP) is 1.40. The molecule has 2 amide bonds. The maximum absolute atomic E-state index is 12.6. The highest BCUT2D eigenvalue weighted by Crippen LogP contribution is 2.11. The van der Waals surface area contributed by atoms with Crippen molar-refractivity contribution in [3.05, 3.63) is 65.5 Å². The lowest BCUT2D eigenvalue weighted by Crippen LogP contribution is -2.47. The number of nitrogens with one attached hydrogen (secondary N) is 1. The Labute approximate surface area is 147 Å². The fraction of sp³-hybridized carbons (Fsp3) is 0.316. The van der Waals surface area contributed by atoms with Crippen LogP contribution in [0, 0.1) is 0 Å². The SMILES string of the molecule is CN1CCN(C(=O)c2cccc(C(=O)NCc3ccncc3)c2)CC1. The van der Waals surface area contributed by atoms with E-state index in [0.717, 1.165) is 18.7 Å². The minimum atomic E-state index is -0.190. The normalized spacial score (nSPS) is 15.0. The Morgan fingerprint density at radius 2 is 1.72 bits per heavy atom. The van der Waals surface area contributed by atoms with Gasteiger partial charge in [-0.25, -0.2) is 0 Å². The lowest BCUT2D eigenvalue weighted by Gasteiger charge is -2.32. The highest BCUT2D eigenvalue weighted by molar-refractivity contribution is 5.99. The quantitative estimate of drug-likeness (QED) is 0.915. The molecule has 1 saturated heterocycles. The van der Waals surface area contributed by atoms with E-state index in [2.05, 4.69) is 22.2 Å². The number of rotatable bonds is 4. The van der Waals surface area contributed by atoms with Gasteiger partial charge in [0.1, 0.15) is 0 Å².